The lowest BCUT2D eigenvalue weighted by molar-refractivity contribution is 0.112. The van der Waals surface area contributed by atoms with Crippen molar-refractivity contribution in [3.8, 4) is 0 Å². The van der Waals surface area contributed by atoms with E-state index in [1.807, 2.05) is 37.2 Å². The van der Waals surface area contributed by atoms with E-state index in [9.17, 15) is 4.79 Å². The van der Waals surface area contributed by atoms with E-state index in [1.165, 1.54) is 0 Å². The van der Waals surface area contributed by atoms with Gasteiger partial charge in [-0.05, 0) is 18.2 Å². The molecule has 0 fully saturated rings. The van der Waals surface area contributed by atoms with Crippen LogP contribution in [0.2, 0.25) is 5.15 Å². The van der Waals surface area contributed by atoms with Crippen molar-refractivity contribution in [2.24, 2.45) is 0 Å². The highest BCUT2D eigenvalue weighted by atomic mass is 35.5. The number of carbonyl (C=O) groups is 1. The summed E-state index contributed by atoms with van der Waals surface area (Å²) in [4.78, 5) is 15.8. The molecule has 4 heteroatoms. The Labute approximate surface area is 92.6 Å². The van der Waals surface area contributed by atoms with Gasteiger partial charge in [0.15, 0.2) is 6.29 Å². The number of anilines is 1. The molecule has 2 rings (SSSR count). The maximum atomic E-state index is 10.9. The average molecular weight is 223 g/mol. The van der Waals surface area contributed by atoms with Crippen LogP contribution in [0.3, 0.4) is 0 Å². The Morgan fingerprint density at radius 3 is 2.73 bits per heavy atom. The second kappa shape index (κ2) is 3.59. The number of nitrogens with one attached hydrogen (secondary N) is 1. The Kier molecular flexibility index (Phi) is 2.40. The normalized spacial score (nSPS) is 10.6. The van der Waals surface area contributed by atoms with E-state index in [2.05, 4.69) is 4.98 Å². The van der Waals surface area contributed by atoms with Gasteiger partial charge in [-0.2, -0.15) is 0 Å². The summed E-state index contributed by atoms with van der Waals surface area (Å²) in [7, 11) is 3.91. The van der Waals surface area contributed by atoms with Gasteiger partial charge in [-0.25, -0.2) is 0 Å². The van der Waals surface area contributed by atoms with Crippen LogP contribution in [0.15, 0.2) is 18.2 Å². The van der Waals surface area contributed by atoms with Crippen molar-refractivity contribution in [2.45, 2.75) is 0 Å². The zero-order valence-electron chi connectivity index (χ0n) is 8.54. The largest absolute Gasteiger partial charge is 0.378 e. The zero-order valence-corrected chi connectivity index (χ0v) is 9.30. The lowest BCUT2D eigenvalue weighted by atomic mass is 10.1. The first-order valence-corrected chi connectivity index (χ1v) is 4.95. The fourth-order valence-electron chi connectivity index (χ4n) is 1.56. The monoisotopic (exact) mass is 222 g/mol. The number of nitrogens with zero attached hydrogens (tertiary/aromatic N) is 1. The third kappa shape index (κ3) is 1.59. The Morgan fingerprint density at radius 2 is 2.13 bits per heavy atom. The first kappa shape index (κ1) is 10.1. The lowest BCUT2D eigenvalue weighted by Gasteiger charge is -2.11. The van der Waals surface area contributed by atoms with Gasteiger partial charge in [0.25, 0.3) is 0 Å². The molecule has 0 atom stereocenters. The van der Waals surface area contributed by atoms with Crippen LogP contribution in [0.1, 0.15) is 10.4 Å². The van der Waals surface area contributed by atoms with Gasteiger partial charge >= 0.3 is 0 Å². The Morgan fingerprint density at radius 1 is 1.40 bits per heavy atom. The summed E-state index contributed by atoms with van der Waals surface area (Å²) < 4.78 is 0. The van der Waals surface area contributed by atoms with Gasteiger partial charge in [0.2, 0.25) is 0 Å². The van der Waals surface area contributed by atoms with Crippen molar-refractivity contribution in [1.82, 2.24) is 4.98 Å². The van der Waals surface area contributed by atoms with E-state index < -0.39 is 0 Å². The first-order valence-electron chi connectivity index (χ1n) is 4.57. The molecule has 0 unspecified atom stereocenters. The smallest absolute Gasteiger partial charge is 0.153 e. The summed E-state index contributed by atoms with van der Waals surface area (Å²) in [5, 5.41) is 1.26. The molecule has 1 N–H and O–H groups in total. The number of carbonyl (C=O) groups excluding carboxylic acids is 1. The molecule has 78 valence electrons. The number of aldehydes is 1. The maximum Gasteiger partial charge on any atom is 0.153 e. The molecule has 1 heterocycles. The second-order valence-corrected chi connectivity index (χ2v) is 3.97. The van der Waals surface area contributed by atoms with E-state index in [4.69, 9.17) is 11.6 Å². The van der Waals surface area contributed by atoms with Gasteiger partial charge in [-0.1, -0.05) is 11.6 Å². The van der Waals surface area contributed by atoms with Crippen LogP contribution in [-0.4, -0.2) is 25.4 Å². The van der Waals surface area contributed by atoms with Crippen molar-refractivity contribution >= 4 is 34.5 Å². The van der Waals surface area contributed by atoms with Crippen LogP contribution in [0.25, 0.3) is 10.9 Å². The van der Waals surface area contributed by atoms with Gasteiger partial charge in [0.1, 0.15) is 5.15 Å². The van der Waals surface area contributed by atoms with Crippen molar-refractivity contribution < 1.29 is 4.79 Å². The molecule has 0 saturated carbocycles. The number of hydrogen-bond donors (Lipinski definition) is 1. The minimum atomic E-state index is 0.399. The third-order valence-corrected chi connectivity index (χ3v) is 2.71. The highest BCUT2D eigenvalue weighted by molar-refractivity contribution is 6.34. The maximum absolute atomic E-state index is 10.9. The van der Waals surface area contributed by atoms with Gasteiger partial charge < -0.3 is 9.88 Å². The topological polar surface area (TPSA) is 36.1 Å². The molecule has 2 aromatic rings. The molecule has 0 aliphatic rings. The average Bonchev–Trinajstić information content (AvgIpc) is 2.51. The summed E-state index contributed by atoms with van der Waals surface area (Å²) in [6.07, 6.45) is 0.778. The molecular weight excluding hydrogens is 212 g/mol. The highest BCUT2D eigenvalue weighted by Crippen LogP contribution is 2.27. The number of aromatic amines is 1. The quantitative estimate of drug-likeness (QED) is 0.794. The fraction of sp³-hybridized carbons (Fsp3) is 0.182. The highest BCUT2D eigenvalue weighted by Gasteiger charge is 2.09. The van der Waals surface area contributed by atoms with Crippen molar-refractivity contribution in [3.05, 3.63) is 28.9 Å². The molecule has 0 amide bonds. The molecular formula is C11H11ClN2O. The van der Waals surface area contributed by atoms with Crippen LogP contribution in [0.5, 0.6) is 0 Å². The third-order valence-electron chi connectivity index (χ3n) is 2.41. The van der Waals surface area contributed by atoms with Crippen LogP contribution >= 0.6 is 11.6 Å². The SMILES string of the molecule is CN(C)c1ccc2[nH]c(Cl)c(C=O)c2c1. The van der Waals surface area contributed by atoms with Gasteiger partial charge in [-0.15, -0.1) is 0 Å². The molecule has 3 nitrogen and oxygen atoms in total. The first-order chi connectivity index (χ1) is 7.13. The molecule has 1 aromatic carbocycles. The molecule has 0 aliphatic heterocycles. The Bertz CT molecular complexity index is 517. The zero-order chi connectivity index (χ0) is 11.0. The van der Waals surface area contributed by atoms with E-state index >= 15 is 0 Å². The number of benzene rings is 1. The summed E-state index contributed by atoms with van der Waals surface area (Å²) in [6.45, 7) is 0. The van der Waals surface area contributed by atoms with Crippen LogP contribution in [0, 0.1) is 0 Å². The van der Waals surface area contributed by atoms with Gasteiger partial charge in [0.05, 0.1) is 5.56 Å². The van der Waals surface area contributed by atoms with E-state index in [0.29, 0.717) is 10.7 Å². The summed E-state index contributed by atoms with van der Waals surface area (Å²) in [6, 6.07) is 5.84. The molecule has 1 aromatic heterocycles. The summed E-state index contributed by atoms with van der Waals surface area (Å²) in [5.74, 6) is 0. The van der Waals surface area contributed by atoms with E-state index in [-0.39, 0.29) is 0 Å². The number of aromatic nitrogens is 1. The number of hydrogen-bond acceptors (Lipinski definition) is 2. The molecule has 0 spiro atoms. The summed E-state index contributed by atoms with van der Waals surface area (Å²) >= 11 is 5.90. The van der Waals surface area contributed by atoms with Crippen LogP contribution in [0.4, 0.5) is 5.69 Å². The van der Waals surface area contributed by atoms with E-state index in [1.54, 1.807) is 0 Å². The Balaban J connectivity index is 2.73. The predicted molar refractivity (Wildman–Crippen MR) is 63.0 cm³/mol. The number of H-pyrrole nitrogens is 1. The van der Waals surface area contributed by atoms with Crippen molar-refractivity contribution in [2.75, 3.05) is 19.0 Å². The Hall–Kier alpha value is -1.48. The van der Waals surface area contributed by atoms with Gasteiger partial charge in [0, 0.05) is 30.7 Å². The van der Waals surface area contributed by atoms with Crippen LogP contribution < -0.4 is 4.90 Å². The van der Waals surface area contributed by atoms with E-state index in [0.717, 1.165) is 22.9 Å². The van der Waals surface area contributed by atoms with Crippen molar-refractivity contribution in [1.29, 1.82) is 0 Å². The fourth-order valence-corrected chi connectivity index (χ4v) is 1.81. The van der Waals surface area contributed by atoms with Gasteiger partial charge in [-0.3, -0.25) is 4.79 Å². The minimum Gasteiger partial charge on any atom is -0.378 e. The molecule has 0 radical (unpaired) electrons. The minimum absolute atomic E-state index is 0.399. The second-order valence-electron chi connectivity index (χ2n) is 3.59. The van der Waals surface area contributed by atoms with Crippen LogP contribution in [-0.2, 0) is 0 Å². The molecule has 0 saturated heterocycles. The molecule has 0 bridgehead atoms. The van der Waals surface area contributed by atoms with Crippen molar-refractivity contribution in [3.63, 3.8) is 0 Å². The predicted octanol–water partition coefficient (Wildman–Crippen LogP) is 2.70. The molecule has 15 heavy (non-hydrogen) atoms. The lowest BCUT2D eigenvalue weighted by Crippen LogP contribution is -2.07. The summed E-state index contributed by atoms with van der Waals surface area (Å²) in [5.41, 5.74) is 2.45. The number of halogens is 1. The number of rotatable bonds is 2. The number of fused-ring (bicyclic) bond motifs is 1. The molecule has 0 aliphatic carbocycles. The standard InChI is InChI=1S/C11H11ClN2O/c1-14(2)7-3-4-10-8(5-7)9(6-15)11(12)13-10/h3-6,13H,1-2H3.